The highest BCUT2D eigenvalue weighted by atomic mass is 79.9. The maximum Gasteiger partial charge on any atom is 0.489 e. The predicted molar refractivity (Wildman–Crippen MR) is 322 cm³/mol. The number of phenols is 1. The van der Waals surface area contributed by atoms with Gasteiger partial charge in [0.25, 0.3) is 0 Å². The number of pyridine rings is 4. The van der Waals surface area contributed by atoms with E-state index in [4.69, 9.17) is 55.9 Å². The van der Waals surface area contributed by atoms with E-state index in [1.807, 2.05) is 12.1 Å². The van der Waals surface area contributed by atoms with Crippen LogP contribution < -0.4 is 77.6 Å². The first kappa shape index (κ1) is 66.3. The molecule has 6 heterocycles. The van der Waals surface area contributed by atoms with E-state index in [0.717, 1.165) is 16.8 Å². The molecule has 2 aliphatic heterocycles. The number of hydrazone groups is 2. The quantitative estimate of drug-likeness (QED) is 0.0295. The number of nitrogens with zero attached hydrogens (tertiary/aromatic N) is 8. The van der Waals surface area contributed by atoms with Crippen molar-refractivity contribution in [3.05, 3.63) is 149 Å². The molecule has 9 rings (SSSR count). The van der Waals surface area contributed by atoms with Crippen LogP contribution in [0.5, 0.6) is 40.8 Å². The van der Waals surface area contributed by atoms with Crippen LogP contribution in [-0.4, -0.2) is 131 Å². The van der Waals surface area contributed by atoms with Gasteiger partial charge in [-0.1, -0.05) is 54.1 Å². The topological polar surface area (TPSA) is 346 Å². The number of nitrogen functional groups attached to an aromatic ring is 1. The van der Waals surface area contributed by atoms with Crippen molar-refractivity contribution in [2.45, 2.75) is 0 Å². The Morgan fingerprint density at radius 1 is 0.595 bits per heavy atom. The molecule has 0 radical (unpaired) electrons. The summed E-state index contributed by atoms with van der Waals surface area (Å²) in [6.07, 6.45) is 3.80. The zero-order valence-electron chi connectivity index (χ0n) is 43.1. The molecule has 0 aliphatic carbocycles. The van der Waals surface area contributed by atoms with Crippen LogP contribution in [0.15, 0.2) is 138 Å². The zero-order valence-corrected chi connectivity index (χ0v) is 48.6. The lowest BCUT2D eigenvalue weighted by atomic mass is 9.69. The number of ether oxygens (including phenoxy) is 6. The van der Waals surface area contributed by atoms with Gasteiger partial charge in [0.2, 0.25) is 23.5 Å². The number of rotatable bonds is 11. The van der Waals surface area contributed by atoms with Gasteiger partial charge in [-0.25, -0.2) is 10.8 Å². The van der Waals surface area contributed by atoms with Crippen molar-refractivity contribution in [2.75, 3.05) is 57.9 Å². The number of hydrogen-bond donors (Lipinski definition) is 9. The molecule has 0 saturated carbocycles. The lowest BCUT2D eigenvalue weighted by Crippen LogP contribution is -2.50. The highest BCUT2D eigenvalue weighted by Crippen LogP contribution is 2.23. The van der Waals surface area contributed by atoms with Crippen LogP contribution in [0.3, 0.4) is 0 Å². The molecular weight excluding hydrogens is 1240 g/mol. The molecule has 0 saturated heterocycles. The van der Waals surface area contributed by atoms with Crippen molar-refractivity contribution in [3.63, 3.8) is 0 Å². The molecule has 12 N–H and O–H groups in total. The summed E-state index contributed by atoms with van der Waals surface area (Å²) in [6, 6.07) is 35.7. The van der Waals surface area contributed by atoms with E-state index in [0.29, 0.717) is 69.2 Å². The molecule has 0 atom stereocenters. The fraction of sp³-hybridized carbons (Fsp3) is 0.128. The van der Waals surface area contributed by atoms with Gasteiger partial charge in [0, 0.05) is 29.8 Å². The minimum atomic E-state index is -1.63. The number of carbonyl (C=O) groups excluding carboxylic acids is 1. The lowest BCUT2D eigenvalue weighted by Gasteiger charge is -2.26. The molecule has 79 heavy (non-hydrogen) atoms. The molecule has 32 heteroatoms. The second-order valence-corrected chi connectivity index (χ2v) is 21.6. The number of aromatic nitrogens is 4. The molecule has 0 spiro atoms. The van der Waals surface area contributed by atoms with E-state index < -0.39 is 21.2 Å². The first-order valence-corrected chi connectivity index (χ1v) is 25.6. The average molecular weight is 1300 g/mol. The van der Waals surface area contributed by atoms with Crippen molar-refractivity contribution in [3.8, 4) is 40.8 Å². The Hall–Kier alpha value is -7.02. The van der Waals surface area contributed by atoms with Crippen molar-refractivity contribution < 1.29 is 58.4 Å². The molecule has 3 aromatic carbocycles. The Morgan fingerprint density at radius 2 is 1.03 bits per heavy atom. The third-order valence-corrected chi connectivity index (χ3v) is 10.2. The largest absolute Gasteiger partial charge is 0.508 e. The van der Waals surface area contributed by atoms with Crippen LogP contribution in [0, 0.1) is 0 Å². The molecule has 414 valence electrons. The number of phenolic OH excluding ortho intramolecular Hbond substituents is 1. The van der Waals surface area contributed by atoms with E-state index in [-0.39, 0.29) is 20.0 Å². The molecule has 0 unspecified atom stereocenters. The fourth-order valence-corrected chi connectivity index (χ4v) is 6.52. The van der Waals surface area contributed by atoms with Crippen LogP contribution >= 0.6 is 58.9 Å². The molecule has 0 bridgehead atoms. The Morgan fingerprint density at radius 3 is 1.47 bits per heavy atom. The number of hydrogen-bond acceptors (Lipinski definition) is 24. The minimum absolute atomic E-state index is 0.135. The third-order valence-electron chi connectivity index (χ3n) is 10.0. The fourth-order valence-electron chi connectivity index (χ4n) is 6.36. The number of aromatic hydroxyl groups is 1. The van der Waals surface area contributed by atoms with E-state index in [2.05, 4.69) is 94.5 Å². The molecule has 4 aromatic heterocycles. The van der Waals surface area contributed by atoms with Crippen LogP contribution in [-0.2, 0) is 0 Å². The smallest absolute Gasteiger partial charge is 0.489 e. The number of hydrazine groups is 2. The maximum atomic E-state index is 10.5. The van der Waals surface area contributed by atoms with E-state index in [9.17, 15) is 19.9 Å². The number of benzene rings is 3. The van der Waals surface area contributed by atoms with Gasteiger partial charge in [-0.15, -0.1) is 47.3 Å². The first-order chi connectivity index (χ1) is 38.0. The predicted octanol–water partition coefficient (Wildman–Crippen LogP) is 3.26. The SMILES string of the molecule is BrB(Br)Br.COc1ccc(B(O)O)c(C=O)c1.COc1ccc2c(c1)C=NN(c1cccc(OC)n1)B2O.COc1cccc(Cl)n1.COc1cccc(N2N=Cc3cc(O)ccc3B2O)n1.COc1cccc(NN)n1.NN. The van der Waals surface area contributed by atoms with Crippen LogP contribution in [0.2, 0.25) is 5.15 Å². The zero-order chi connectivity index (χ0) is 58.4. The van der Waals surface area contributed by atoms with Gasteiger partial charge in [0.1, 0.15) is 46.1 Å². The van der Waals surface area contributed by atoms with Crippen molar-refractivity contribution in [1.82, 2.24) is 19.9 Å². The summed E-state index contributed by atoms with van der Waals surface area (Å²) >= 11 is 14.8. The van der Waals surface area contributed by atoms with Gasteiger partial charge in [-0.05, 0) is 88.2 Å². The van der Waals surface area contributed by atoms with E-state index >= 15 is 0 Å². The second-order valence-electron chi connectivity index (χ2n) is 14.8. The molecular formula is C47H54B4Br3ClN12O12. The molecule has 0 fully saturated rings. The van der Waals surface area contributed by atoms with E-state index in [1.165, 1.54) is 42.3 Å². The Balaban J connectivity index is 0.000000262. The highest BCUT2D eigenvalue weighted by Gasteiger charge is 2.32. The van der Waals surface area contributed by atoms with Crippen LogP contribution in [0.4, 0.5) is 17.5 Å². The Kier molecular flexibility index (Phi) is 29.8. The van der Waals surface area contributed by atoms with Gasteiger partial charge in [0.15, 0.2) is 0 Å². The summed E-state index contributed by atoms with van der Waals surface area (Å²) in [7, 11) is 5.76. The number of methoxy groups -OCH3 is 6. The van der Waals surface area contributed by atoms with Crippen molar-refractivity contribution in [2.24, 2.45) is 27.7 Å². The van der Waals surface area contributed by atoms with Crippen LogP contribution in [0.1, 0.15) is 21.5 Å². The van der Waals surface area contributed by atoms with Gasteiger partial charge >= 0.3 is 24.4 Å². The Bertz CT molecular complexity index is 3030. The monoisotopic (exact) mass is 1290 g/mol. The van der Waals surface area contributed by atoms with Crippen molar-refractivity contribution in [1.29, 1.82) is 0 Å². The minimum Gasteiger partial charge on any atom is -0.508 e. The average Bonchev–Trinajstić information content (AvgIpc) is 3.56. The summed E-state index contributed by atoms with van der Waals surface area (Å²) in [4.78, 5) is 29.7. The number of carbonyl (C=O) groups is 1. The van der Waals surface area contributed by atoms with Crippen molar-refractivity contribution >= 4 is 136 Å². The van der Waals surface area contributed by atoms with E-state index in [1.54, 1.807) is 138 Å². The molecule has 0 amide bonds. The number of anilines is 3. The standard InChI is InChI=1S/C14H14BN3O3.C13H12BN3O3.C8H9BO4.C6H6ClNO.C6H9N3O.BBr3.H4N2/c1-20-11-6-7-12-10(8-11)9-16-18(15(12)19)13-4-3-5-14(17-13)21-2;1-20-13-4-2-3-12(16-13)17-14(19)11-6-5-10(18)7-9(11)8-15-17;1-13-7-2-3-8(9(11)12)6(4-7)5-10;1-9-6-4-2-3-5(7)8-6;1-10-6-4-2-3-5(8-6)9-7;2-1(3)4;1-2/h3-9,19H,1-2H3;2-8,18-19H,1H3;2-5,11-12H,1H3;2-4H,1H3;2-4H,7H2,1H3,(H,8,9);;1-2H2. The second kappa shape index (κ2) is 35.5. The summed E-state index contributed by atoms with van der Waals surface area (Å²) in [5, 5.41) is 56.9. The molecule has 24 nitrogen and oxygen atoms in total. The molecule has 7 aromatic rings. The lowest BCUT2D eigenvalue weighted by molar-refractivity contribution is 0.112. The number of fused-ring (bicyclic) bond motifs is 2. The number of halogens is 4. The number of aldehydes is 1. The summed E-state index contributed by atoms with van der Waals surface area (Å²) in [6.45, 7) is 0. The normalized spacial score (nSPS) is 11.0. The number of nitrogens with one attached hydrogen (secondary N) is 1. The first-order valence-electron chi connectivity index (χ1n) is 22.5. The highest BCUT2D eigenvalue weighted by molar-refractivity contribution is 9.69. The summed E-state index contributed by atoms with van der Waals surface area (Å²) in [5.74, 6) is 18.1. The van der Waals surface area contributed by atoms with Gasteiger partial charge in [-0.3, -0.25) is 26.3 Å². The summed E-state index contributed by atoms with van der Waals surface area (Å²) in [5.41, 5.74) is 5.70. The maximum absolute atomic E-state index is 10.5. The van der Waals surface area contributed by atoms with Gasteiger partial charge in [0.05, 0.1) is 55.1 Å². The Labute approximate surface area is 486 Å². The third kappa shape index (κ3) is 21.3. The number of nitrogens with two attached hydrogens (primary N) is 3. The van der Waals surface area contributed by atoms with Gasteiger partial charge < -0.3 is 59.0 Å². The van der Waals surface area contributed by atoms with Gasteiger partial charge in [-0.2, -0.15) is 25.2 Å². The molecule has 2 aliphatic rings. The summed E-state index contributed by atoms with van der Waals surface area (Å²) < 4.78 is 30.1. The van der Waals surface area contributed by atoms with Crippen LogP contribution in [0.25, 0.3) is 0 Å².